The van der Waals surface area contributed by atoms with Crippen molar-refractivity contribution in [3.05, 3.63) is 21.1 Å². The fourth-order valence-electron chi connectivity index (χ4n) is 2.34. The van der Waals surface area contributed by atoms with Crippen molar-refractivity contribution >= 4 is 47.6 Å². The van der Waals surface area contributed by atoms with E-state index < -0.39 is 10.0 Å². The van der Waals surface area contributed by atoms with Crippen LogP contribution < -0.4 is 5.73 Å². The molecule has 1 aliphatic rings. The zero-order valence-corrected chi connectivity index (χ0v) is 15.3. The van der Waals surface area contributed by atoms with Gasteiger partial charge in [-0.1, -0.05) is 29.3 Å². The molecule has 0 aromatic heterocycles. The molecule has 1 fully saturated rings. The first-order valence-electron chi connectivity index (χ1n) is 6.61. The predicted molar refractivity (Wildman–Crippen MR) is 88.0 cm³/mol. The lowest BCUT2D eigenvalue weighted by molar-refractivity contribution is 0.250. The topological polar surface area (TPSA) is 63.4 Å². The lowest BCUT2D eigenvalue weighted by Crippen LogP contribution is -2.37. The Balaban J connectivity index is 2.37. The maximum atomic E-state index is 12.8. The Hall–Kier alpha value is -0.110. The van der Waals surface area contributed by atoms with Gasteiger partial charge in [-0.25, -0.2) is 8.42 Å². The molecule has 2 rings (SSSR count). The van der Waals surface area contributed by atoms with E-state index in [2.05, 4.69) is 31.9 Å². The number of nitrogen functional groups attached to an aromatic ring is 1. The second kappa shape index (κ2) is 6.34. The van der Waals surface area contributed by atoms with Crippen molar-refractivity contribution in [1.82, 2.24) is 4.31 Å². The molecule has 1 aromatic rings. The number of hydrogen-bond acceptors (Lipinski definition) is 3. The zero-order valence-electron chi connectivity index (χ0n) is 11.3. The fraction of sp³-hybridized carbons (Fsp3) is 0.538. The van der Waals surface area contributed by atoms with Crippen LogP contribution in [0.5, 0.6) is 0 Å². The van der Waals surface area contributed by atoms with Crippen molar-refractivity contribution in [3.63, 3.8) is 0 Å². The Morgan fingerprint density at radius 1 is 1.35 bits per heavy atom. The first-order valence-corrected chi connectivity index (χ1v) is 9.63. The van der Waals surface area contributed by atoms with Gasteiger partial charge in [0.1, 0.15) is 4.90 Å². The normalized spacial score (nSPS) is 16.4. The number of rotatable bonds is 5. The molecular weight excluding hydrogens is 408 g/mol. The highest BCUT2D eigenvalue weighted by Gasteiger charge is 2.31. The van der Waals surface area contributed by atoms with Crippen molar-refractivity contribution < 1.29 is 8.42 Å². The maximum Gasteiger partial charge on any atom is 0.246 e. The summed E-state index contributed by atoms with van der Waals surface area (Å²) in [5, 5.41) is 0. The van der Waals surface area contributed by atoms with Gasteiger partial charge in [0.25, 0.3) is 0 Å². The van der Waals surface area contributed by atoms with Crippen LogP contribution in [0.25, 0.3) is 0 Å². The van der Waals surface area contributed by atoms with E-state index in [0.717, 1.165) is 17.3 Å². The van der Waals surface area contributed by atoms with Gasteiger partial charge in [0, 0.05) is 22.0 Å². The van der Waals surface area contributed by atoms with E-state index in [1.54, 1.807) is 12.1 Å². The van der Waals surface area contributed by atoms with E-state index in [-0.39, 0.29) is 10.6 Å². The molecule has 20 heavy (non-hydrogen) atoms. The highest BCUT2D eigenvalue weighted by molar-refractivity contribution is 9.11. The molecule has 0 atom stereocenters. The largest absolute Gasteiger partial charge is 0.398 e. The van der Waals surface area contributed by atoms with Crippen LogP contribution in [-0.4, -0.2) is 25.8 Å². The van der Waals surface area contributed by atoms with Gasteiger partial charge in [0.05, 0.1) is 5.69 Å². The quantitative estimate of drug-likeness (QED) is 0.733. The summed E-state index contributed by atoms with van der Waals surface area (Å²) < 4.78 is 28.4. The zero-order chi connectivity index (χ0) is 14.9. The molecular formula is C13H18Br2N2O2S. The lowest BCUT2D eigenvalue weighted by atomic mass is 9.85. The molecule has 1 aliphatic carbocycles. The summed E-state index contributed by atoms with van der Waals surface area (Å²) >= 11 is 6.62. The van der Waals surface area contributed by atoms with Gasteiger partial charge in [-0.05, 0) is 46.8 Å². The second-order valence-electron chi connectivity index (χ2n) is 5.06. The minimum atomic E-state index is -3.56. The maximum absolute atomic E-state index is 12.8. The lowest BCUT2D eigenvalue weighted by Gasteiger charge is -2.31. The Bertz CT molecular complexity index is 577. The number of sulfonamides is 1. The van der Waals surface area contributed by atoms with Gasteiger partial charge in [0.15, 0.2) is 0 Å². The summed E-state index contributed by atoms with van der Waals surface area (Å²) in [6.45, 7) is 2.90. The summed E-state index contributed by atoms with van der Waals surface area (Å²) in [6.07, 6.45) is 3.43. The van der Waals surface area contributed by atoms with E-state index in [1.165, 1.54) is 10.7 Å². The smallest absolute Gasteiger partial charge is 0.246 e. The van der Waals surface area contributed by atoms with Gasteiger partial charge in [-0.3, -0.25) is 0 Å². The standard InChI is InChI=1S/C13H18Br2N2O2S/c1-2-17(8-9-4-3-5-9)20(18,19)13-11(15)6-10(14)7-12(13)16/h6-7,9H,2-5,8,16H2,1H3. The summed E-state index contributed by atoms with van der Waals surface area (Å²) in [7, 11) is -3.56. The van der Waals surface area contributed by atoms with Crippen LogP contribution in [0.2, 0.25) is 0 Å². The Kier molecular flexibility index (Phi) is 5.15. The van der Waals surface area contributed by atoms with Crippen molar-refractivity contribution in [2.45, 2.75) is 31.1 Å². The number of nitrogens with zero attached hydrogens (tertiary/aromatic N) is 1. The third-order valence-electron chi connectivity index (χ3n) is 3.67. The first-order chi connectivity index (χ1) is 9.36. The average Bonchev–Trinajstić information content (AvgIpc) is 2.24. The van der Waals surface area contributed by atoms with Crippen LogP contribution >= 0.6 is 31.9 Å². The van der Waals surface area contributed by atoms with E-state index in [0.29, 0.717) is 23.5 Å². The fourth-order valence-corrected chi connectivity index (χ4v) is 5.88. The Morgan fingerprint density at radius 2 is 2.00 bits per heavy atom. The molecule has 0 saturated heterocycles. The molecule has 0 aliphatic heterocycles. The minimum Gasteiger partial charge on any atom is -0.398 e. The van der Waals surface area contributed by atoms with Crippen LogP contribution in [0.4, 0.5) is 5.69 Å². The number of benzene rings is 1. The molecule has 2 N–H and O–H groups in total. The predicted octanol–water partition coefficient (Wildman–Crippen LogP) is 3.60. The molecule has 0 heterocycles. The molecule has 1 aromatic carbocycles. The molecule has 0 amide bonds. The molecule has 0 bridgehead atoms. The highest BCUT2D eigenvalue weighted by Crippen LogP contribution is 2.35. The van der Waals surface area contributed by atoms with Gasteiger partial charge in [0.2, 0.25) is 10.0 Å². The van der Waals surface area contributed by atoms with Gasteiger partial charge >= 0.3 is 0 Å². The first kappa shape index (κ1) is 16.3. The summed E-state index contributed by atoms with van der Waals surface area (Å²) in [5.41, 5.74) is 6.17. The molecule has 0 radical (unpaired) electrons. The monoisotopic (exact) mass is 424 g/mol. The average molecular weight is 426 g/mol. The van der Waals surface area contributed by atoms with Crippen molar-refractivity contribution in [2.24, 2.45) is 5.92 Å². The number of nitrogens with two attached hydrogens (primary N) is 1. The molecule has 112 valence electrons. The third kappa shape index (κ3) is 3.21. The number of halogens is 2. The molecule has 4 nitrogen and oxygen atoms in total. The summed E-state index contributed by atoms with van der Waals surface area (Å²) in [5.74, 6) is 0.486. The second-order valence-corrected chi connectivity index (χ2v) is 8.70. The third-order valence-corrected chi connectivity index (χ3v) is 7.08. The number of anilines is 1. The number of hydrogen-bond donors (Lipinski definition) is 1. The van der Waals surface area contributed by atoms with Gasteiger partial charge < -0.3 is 5.73 Å². The van der Waals surface area contributed by atoms with E-state index in [9.17, 15) is 8.42 Å². The van der Waals surface area contributed by atoms with Gasteiger partial charge in [-0.15, -0.1) is 0 Å². The van der Waals surface area contributed by atoms with Crippen molar-refractivity contribution in [3.8, 4) is 0 Å². The Labute approximate surface area is 137 Å². The van der Waals surface area contributed by atoms with Crippen LogP contribution in [-0.2, 0) is 10.0 Å². The molecule has 0 spiro atoms. The van der Waals surface area contributed by atoms with Gasteiger partial charge in [-0.2, -0.15) is 4.31 Å². The summed E-state index contributed by atoms with van der Waals surface area (Å²) in [6, 6.07) is 3.33. The van der Waals surface area contributed by atoms with Crippen LogP contribution in [0.15, 0.2) is 26.0 Å². The van der Waals surface area contributed by atoms with Crippen molar-refractivity contribution in [1.29, 1.82) is 0 Å². The molecule has 7 heteroatoms. The van der Waals surface area contributed by atoms with Crippen LogP contribution in [0.1, 0.15) is 26.2 Å². The molecule has 1 saturated carbocycles. The minimum absolute atomic E-state index is 0.168. The van der Waals surface area contributed by atoms with E-state index in [1.807, 2.05) is 6.92 Å². The SMILES string of the molecule is CCN(CC1CCC1)S(=O)(=O)c1c(N)cc(Br)cc1Br. The van der Waals surface area contributed by atoms with Crippen LogP contribution in [0, 0.1) is 5.92 Å². The van der Waals surface area contributed by atoms with E-state index >= 15 is 0 Å². The highest BCUT2D eigenvalue weighted by atomic mass is 79.9. The molecule has 0 unspecified atom stereocenters. The van der Waals surface area contributed by atoms with Crippen molar-refractivity contribution in [2.75, 3.05) is 18.8 Å². The van der Waals surface area contributed by atoms with E-state index in [4.69, 9.17) is 5.73 Å². The Morgan fingerprint density at radius 3 is 2.45 bits per heavy atom. The van der Waals surface area contributed by atoms with Crippen LogP contribution in [0.3, 0.4) is 0 Å². The summed E-state index contributed by atoms with van der Waals surface area (Å²) in [4.78, 5) is 0.168.